The number of amides is 1. The van der Waals surface area contributed by atoms with Gasteiger partial charge in [-0.3, -0.25) is 4.79 Å². The molecular formula is C24H25N5O4S. The monoisotopic (exact) mass is 479 g/mol. The lowest BCUT2D eigenvalue weighted by Crippen LogP contribution is -2.41. The Balaban J connectivity index is 1.21. The maximum atomic E-state index is 12.9. The fourth-order valence-corrected chi connectivity index (χ4v) is 5.98. The van der Waals surface area contributed by atoms with Crippen molar-refractivity contribution in [2.75, 3.05) is 25.0 Å². The van der Waals surface area contributed by atoms with E-state index in [1.165, 1.54) is 28.6 Å². The second kappa shape index (κ2) is 9.18. The molecule has 5 rings (SSSR count). The molecule has 2 N–H and O–H groups in total. The number of nitrogens with zero attached hydrogens (tertiary/aromatic N) is 3. The van der Waals surface area contributed by atoms with E-state index >= 15 is 0 Å². The van der Waals surface area contributed by atoms with Crippen LogP contribution in [-0.4, -0.2) is 48.3 Å². The van der Waals surface area contributed by atoms with E-state index in [1.807, 2.05) is 24.3 Å². The second-order valence-corrected chi connectivity index (χ2v) is 10.6. The highest BCUT2D eigenvalue weighted by molar-refractivity contribution is 7.89. The van der Waals surface area contributed by atoms with Gasteiger partial charge in [-0.25, -0.2) is 13.4 Å². The number of H-pyrrole nitrogens is 1. The number of ether oxygens (including phenoxy) is 1. The number of aromatic amines is 1. The number of rotatable bonds is 5. The van der Waals surface area contributed by atoms with Crippen LogP contribution in [0.1, 0.15) is 43.2 Å². The largest absolute Gasteiger partial charge is 0.370 e. The molecule has 2 saturated heterocycles. The predicted octanol–water partition coefficient (Wildman–Crippen LogP) is 3.33. The van der Waals surface area contributed by atoms with E-state index in [0.29, 0.717) is 24.1 Å². The lowest BCUT2D eigenvalue weighted by Gasteiger charge is -2.30. The SMILES string of the molecule is N#Cc1ccc(S(=O)(=O)N2CCC(C(=O)Nc3ccc4nc(C5CCCO5)[nH]c4c3)CC2)cc1. The Morgan fingerprint density at radius 3 is 2.59 bits per heavy atom. The lowest BCUT2D eigenvalue weighted by atomic mass is 9.97. The minimum absolute atomic E-state index is 0.00353. The number of aromatic nitrogens is 2. The van der Waals surface area contributed by atoms with E-state index in [4.69, 9.17) is 10.00 Å². The van der Waals surface area contributed by atoms with Crippen molar-refractivity contribution < 1.29 is 17.9 Å². The minimum Gasteiger partial charge on any atom is -0.370 e. The first-order valence-corrected chi connectivity index (χ1v) is 12.8. The Labute approximate surface area is 197 Å². The Morgan fingerprint density at radius 2 is 1.91 bits per heavy atom. The average Bonchev–Trinajstić information content (AvgIpc) is 3.54. The van der Waals surface area contributed by atoms with Crippen LogP contribution in [0.15, 0.2) is 47.4 Å². The van der Waals surface area contributed by atoms with Gasteiger partial charge in [-0.2, -0.15) is 9.57 Å². The Bertz CT molecular complexity index is 1350. The third kappa shape index (κ3) is 4.42. The summed E-state index contributed by atoms with van der Waals surface area (Å²) in [7, 11) is -3.65. The Kier molecular flexibility index (Phi) is 6.08. The molecule has 2 fully saturated rings. The molecular weight excluding hydrogens is 454 g/mol. The van der Waals surface area contributed by atoms with E-state index in [1.54, 1.807) is 0 Å². The summed E-state index contributed by atoms with van der Waals surface area (Å²) in [4.78, 5) is 20.9. The van der Waals surface area contributed by atoms with Crippen LogP contribution in [0.3, 0.4) is 0 Å². The Morgan fingerprint density at radius 1 is 1.15 bits per heavy atom. The van der Waals surface area contributed by atoms with Crippen molar-refractivity contribution in [2.45, 2.75) is 36.7 Å². The van der Waals surface area contributed by atoms with E-state index in [0.717, 1.165) is 36.3 Å². The summed E-state index contributed by atoms with van der Waals surface area (Å²) in [6.07, 6.45) is 2.85. The molecule has 2 aliphatic heterocycles. The average molecular weight is 480 g/mol. The summed E-state index contributed by atoms with van der Waals surface area (Å²) in [6.45, 7) is 1.28. The highest BCUT2D eigenvalue weighted by atomic mass is 32.2. The number of fused-ring (bicyclic) bond motifs is 1. The zero-order valence-corrected chi connectivity index (χ0v) is 19.3. The molecule has 0 saturated carbocycles. The molecule has 3 heterocycles. The van der Waals surface area contributed by atoms with Gasteiger partial charge in [-0.05, 0) is 68.1 Å². The fourth-order valence-electron chi connectivity index (χ4n) is 4.51. The van der Waals surface area contributed by atoms with Crippen LogP contribution in [0.4, 0.5) is 5.69 Å². The number of anilines is 1. The van der Waals surface area contributed by atoms with Crippen molar-refractivity contribution in [1.29, 1.82) is 5.26 Å². The summed E-state index contributed by atoms with van der Waals surface area (Å²) in [5.41, 5.74) is 2.75. The highest BCUT2D eigenvalue weighted by Gasteiger charge is 2.32. The Hall–Kier alpha value is -3.26. The molecule has 0 spiro atoms. The van der Waals surface area contributed by atoms with Gasteiger partial charge < -0.3 is 15.0 Å². The molecule has 2 aromatic carbocycles. The van der Waals surface area contributed by atoms with Gasteiger partial charge in [0.1, 0.15) is 11.9 Å². The lowest BCUT2D eigenvalue weighted by molar-refractivity contribution is -0.120. The molecule has 3 aromatic rings. The van der Waals surface area contributed by atoms with Gasteiger partial charge in [0.2, 0.25) is 15.9 Å². The second-order valence-electron chi connectivity index (χ2n) is 8.66. The molecule has 10 heteroatoms. The minimum atomic E-state index is -3.65. The quantitative estimate of drug-likeness (QED) is 0.578. The van der Waals surface area contributed by atoms with Crippen molar-refractivity contribution in [3.8, 4) is 6.07 Å². The first-order valence-electron chi connectivity index (χ1n) is 11.4. The maximum absolute atomic E-state index is 12.9. The normalized spacial score (nSPS) is 19.8. The molecule has 1 amide bonds. The molecule has 0 aliphatic carbocycles. The van der Waals surface area contributed by atoms with Crippen LogP contribution < -0.4 is 5.32 Å². The van der Waals surface area contributed by atoms with Crippen LogP contribution in [0, 0.1) is 17.2 Å². The summed E-state index contributed by atoms with van der Waals surface area (Å²) < 4.78 is 32.9. The first kappa shape index (κ1) is 22.5. The van der Waals surface area contributed by atoms with Crippen molar-refractivity contribution in [1.82, 2.24) is 14.3 Å². The van der Waals surface area contributed by atoms with E-state index in [9.17, 15) is 13.2 Å². The number of hydrogen-bond donors (Lipinski definition) is 2. The first-order chi connectivity index (χ1) is 16.4. The van der Waals surface area contributed by atoms with Gasteiger partial charge in [0.25, 0.3) is 0 Å². The van der Waals surface area contributed by atoms with Gasteiger partial charge in [0, 0.05) is 31.3 Å². The molecule has 2 aliphatic rings. The summed E-state index contributed by atoms with van der Waals surface area (Å²) in [6, 6.07) is 13.4. The number of hydrogen-bond acceptors (Lipinski definition) is 6. The van der Waals surface area contributed by atoms with Crippen LogP contribution >= 0.6 is 0 Å². The van der Waals surface area contributed by atoms with Gasteiger partial charge in [0.15, 0.2) is 0 Å². The molecule has 176 valence electrons. The summed E-state index contributed by atoms with van der Waals surface area (Å²) in [5, 5.41) is 11.9. The van der Waals surface area contributed by atoms with Crippen LogP contribution in [-0.2, 0) is 19.6 Å². The highest BCUT2D eigenvalue weighted by Crippen LogP contribution is 2.29. The molecule has 1 unspecified atom stereocenters. The number of piperidine rings is 1. The van der Waals surface area contributed by atoms with Crippen LogP contribution in [0.2, 0.25) is 0 Å². The maximum Gasteiger partial charge on any atom is 0.243 e. The molecule has 34 heavy (non-hydrogen) atoms. The molecule has 0 radical (unpaired) electrons. The number of carbonyl (C=O) groups is 1. The predicted molar refractivity (Wildman–Crippen MR) is 125 cm³/mol. The van der Waals surface area contributed by atoms with E-state index < -0.39 is 10.0 Å². The van der Waals surface area contributed by atoms with Crippen LogP contribution in [0.5, 0.6) is 0 Å². The third-order valence-corrected chi connectivity index (χ3v) is 8.36. The number of nitriles is 1. The summed E-state index contributed by atoms with van der Waals surface area (Å²) >= 11 is 0. The third-order valence-electron chi connectivity index (χ3n) is 6.45. The van der Waals surface area contributed by atoms with Crippen molar-refractivity contribution in [3.05, 3.63) is 53.9 Å². The number of imidazole rings is 1. The van der Waals surface area contributed by atoms with Gasteiger partial charge in [-0.1, -0.05) is 0 Å². The number of nitrogens with one attached hydrogen (secondary N) is 2. The number of sulfonamides is 1. The molecule has 1 aromatic heterocycles. The van der Waals surface area contributed by atoms with Crippen molar-refractivity contribution >= 4 is 32.7 Å². The van der Waals surface area contributed by atoms with Gasteiger partial charge in [-0.15, -0.1) is 0 Å². The van der Waals surface area contributed by atoms with Crippen molar-refractivity contribution in [2.24, 2.45) is 5.92 Å². The molecule has 0 bridgehead atoms. The topological polar surface area (TPSA) is 128 Å². The standard InChI is InChI=1S/C24H25N5O4S/c25-15-16-3-6-19(7-4-16)34(31,32)29-11-9-17(10-12-29)24(30)26-18-5-8-20-21(14-18)28-23(27-20)22-2-1-13-33-22/h3-8,14,17,22H,1-2,9-13H2,(H,26,30)(H,27,28). The molecule has 1 atom stereocenters. The number of carbonyl (C=O) groups excluding carboxylic acids is 1. The van der Waals surface area contributed by atoms with Crippen LogP contribution in [0.25, 0.3) is 11.0 Å². The fraction of sp³-hybridized carbons (Fsp3) is 0.375. The van der Waals surface area contributed by atoms with Gasteiger partial charge >= 0.3 is 0 Å². The zero-order valence-electron chi connectivity index (χ0n) is 18.5. The van der Waals surface area contributed by atoms with E-state index in [-0.39, 0.29) is 35.9 Å². The molecule has 9 nitrogen and oxygen atoms in total. The number of benzene rings is 2. The smallest absolute Gasteiger partial charge is 0.243 e. The van der Waals surface area contributed by atoms with E-state index in [2.05, 4.69) is 15.3 Å². The van der Waals surface area contributed by atoms with Crippen molar-refractivity contribution in [3.63, 3.8) is 0 Å². The zero-order chi connectivity index (χ0) is 23.7. The summed E-state index contributed by atoms with van der Waals surface area (Å²) in [5.74, 6) is 0.424. The van der Waals surface area contributed by atoms with Gasteiger partial charge in [0.05, 0.1) is 27.6 Å².